The molecule has 1 heteroatoms. The van der Waals surface area contributed by atoms with Gasteiger partial charge in [0.05, 0.1) is 0 Å². The van der Waals surface area contributed by atoms with Gasteiger partial charge in [-0.15, -0.1) is 0 Å². The second-order valence-electron chi connectivity index (χ2n) is 5.56. The van der Waals surface area contributed by atoms with Crippen molar-refractivity contribution < 1.29 is 0 Å². The van der Waals surface area contributed by atoms with E-state index in [1.807, 2.05) is 0 Å². The van der Waals surface area contributed by atoms with Crippen molar-refractivity contribution in [3.8, 4) is 0 Å². The number of rotatable bonds is 7. The van der Waals surface area contributed by atoms with Crippen molar-refractivity contribution in [2.45, 2.75) is 51.9 Å². The Kier molecular flexibility index (Phi) is 5.25. The molecule has 0 saturated heterocycles. The van der Waals surface area contributed by atoms with Crippen molar-refractivity contribution in [2.75, 3.05) is 19.6 Å². The Bertz CT molecular complexity index is 352. The van der Waals surface area contributed by atoms with Gasteiger partial charge in [-0.3, -0.25) is 0 Å². The highest BCUT2D eigenvalue weighted by atomic mass is 15.1. The smallest absolute Gasteiger partial charge is 0.00129 e. The van der Waals surface area contributed by atoms with E-state index in [-0.39, 0.29) is 0 Å². The summed E-state index contributed by atoms with van der Waals surface area (Å²) in [4.78, 5) is 2.64. The van der Waals surface area contributed by atoms with E-state index in [0.29, 0.717) is 0 Å². The first-order chi connectivity index (χ1) is 8.85. The number of nitrogens with zero attached hydrogens (tertiary/aromatic N) is 1. The second-order valence-corrected chi connectivity index (χ2v) is 5.56. The van der Waals surface area contributed by atoms with Crippen molar-refractivity contribution in [1.29, 1.82) is 0 Å². The summed E-state index contributed by atoms with van der Waals surface area (Å²) in [6.45, 7) is 8.38. The highest BCUT2D eigenvalue weighted by Gasteiger charge is 2.21. The molecule has 0 radical (unpaired) electrons. The van der Waals surface area contributed by atoms with Crippen LogP contribution in [-0.2, 0) is 6.42 Å². The summed E-state index contributed by atoms with van der Waals surface area (Å²) in [5.74, 6) is 0.817. The second kappa shape index (κ2) is 6.94. The van der Waals surface area contributed by atoms with E-state index >= 15 is 0 Å². The van der Waals surface area contributed by atoms with Crippen LogP contribution in [0, 0.1) is 0 Å². The summed E-state index contributed by atoms with van der Waals surface area (Å²) < 4.78 is 0. The first kappa shape index (κ1) is 13.6. The number of aryl methyl sites for hydroxylation is 1. The molecule has 0 bridgehead atoms. The lowest BCUT2D eigenvalue weighted by atomic mass is 9.97. The fraction of sp³-hybridized carbons (Fsp3) is 0.647. The third kappa shape index (κ3) is 3.35. The van der Waals surface area contributed by atoms with E-state index in [2.05, 4.69) is 43.0 Å². The minimum Gasteiger partial charge on any atom is -0.303 e. The Labute approximate surface area is 112 Å². The molecule has 1 aliphatic rings. The van der Waals surface area contributed by atoms with Gasteiger partial charge in [-0.1, -0.05) is 38.1 Å². The Hall–Kier alpha value is -0.820. The van der Waals surface area contributed by atoms with E-state index in [9.17, 15) is 0 Å². The van der Waals surface area contributed by atoms with Crippen LogP contribution in [0.1, 0.15) is 56.6 Å². The van der Waals surface area contributed by atoms with Gasteiger partial charge in [0, 0.05) is 0 Å². The standard InChI is InChI=1S/C17H27N/c1-3-12-18(13-4-2)14-11-16-10-9-15-7-5-6-8-17(15)16/h5-8,16H,3-4,9-14H2,1-2H3/t16-/m0/s1. The van der Waals surface area contributed by atoms with E-state index < -0.39 is 0 Å². The minimum absolute atomic E-state index is 0.817. The van der Waals surface area contributed by atoms with Crippen molar-refractivity contribution in [3.63, 3.8) is 0 Å². The zero-order chi connectivity index (χ0) is 12.8. The molecule has 1 aromatic rings. The molecule has 0 heterocycles. The van der Waals surface area contributed by atoms with Crippen LogP contribution in [0.3, 0.4) is 0 Å². The van der Waals surface area contributed by atoms with E-state index in [1.54, 1.807) is 11.1 Å². The topological polar surface area (TPSA) is 3.24 Å². The maximum Gasteiger partial charge on any atom is -0.00129 e. The minimum atomic E-state index is 0.817. The Morgan fingerprint density at radius 3 is 2.50 bits per heavy atom. The molecule has 0 saturated carbocycles. The van der Waals surface area contributed by atoms with E-state index in [0.717, 1.165) is 5.92 Å². The van der Waals surface area contributed by atoms with Gasteiger partial charge < -0.3 is 4.90 Å². The maximum atomic E-state index is 2.64. The Morgan fingerprint density at radius 1 is 1.06 bits per heavy atom. The van der Waals surface area contributed by atoms with E-state index in [1.165, 1.54) is 51.7 Å². The van der Waals surface area contributed by atoms with Crippen LogP contribution in [0.4, 0.5) is 0 Å². The van der Waals surface area contributed by atoms with Crippen LogP contribution in [-0.4, -0.2) is 24.5 Å². The third-order valence-corrected chi connectivity index (χ3v) is 4.13. The fourth-order valence-corrected chi connectivity index (χ4v) is 3.25. The lowest BCUT2D eigenvalue weighted by molar-refractivity contribution is 0.263. The van der Waals surface area contributed by atoms with Crippen molar-refractivity contribution in [1.82, 2.24) is 4.90 Å². The molecular weight excluding hydrogens is 218 g/mol. The SMILES string of the molecule is CCCN(CCC)CC[C@@H]1CCc2ccccc21. The number of benzene rings is 1. The fourth-order valence-electron chi connectivity index (χ4n) is 3.25. The first-order valence-corrected chi connectivity index (χ1v) is 7.65. The predicted octanol–water partition coefficient (Wildman–Crippen LogP) is 4.23. The van der Waals surface area contributed by atoms with Gasteiger partial charge in [-0.05, 0) is 68.8 Å². The van der Waals surface area contributed by atoms with Crippen LogP contribution in [0.2, 0.25) is 0 Å². The summed E-state index contributed by atoms with van der Waals surface area (Å²) in [6, 6.07) is 9.04. The first-order valence-electron chi connectivity index (χ1n) is 7.65. The largest absolute Gasteiger partial charge is 0.303 e. The van der Waals surface area contributed by atoms with Crippen molar-refractivity contribution in [3.05, 3.63) is 35.4 Å². The van der Waals surface area contributed by atoms with Crippen LogP contribution in [0.15, 0.2) is 24.3 Å². The molecule has 0 N–H and O–H groups in total. The zero-order valence-electron chi connectivity index (χ0n) is 12.0. The molecule has 0 spiro atoms. The predicted molar refractivity (Wildman–Crippen MR) is 79.1 cm³/mol. The van der Waals surface area contributed by atoms with Gasteiger partial charge >= 0.3 is 0 Å². The van der Waals surface area contributed by atoms with Gasteiger partial charge in [0.2, 0.25) is 0 Å². The highest BCUT2D eigenvalue weighted by Crippen LogP contribution is 2.35. The average Bonchev–Trinajstić information content (AvgIpc) is 2.80. The third-order valence-electron chi connectivity index (χ3n) is 4.13. The molecule has 0 unspecified atom stereocenters. The average molecular weight is 245 g/mol. The number of hydrogen-bond donors (Lipinski definition) is 0. The molecular formula is C17H27N. The molecule has 0 aromatic heterocycles. The van der Waals surface area contributed by atoms with Crippen molar-refractivity contribution >= 4 is 0 Å². The number of fused-ring (bicyclic) bond motifs is 1. The lowest BCUT2D eigenvalue weighted by Crippen LogP contribution is -2.27. The monoisotopic (exact) mass is 245 g/mol. The summed E-state index contributed by atoms with van der Waals surface area (Å²) in [7, 11) is 0. The molecule has 0 fully saturated rings. The van der Waals surface area contributed by atoms with Crippen LogP contribution in [0.5, 0.6) is 0 Å². The maximum absolute atomic E-state index is 2.64. The molecule has 0 amide bonds. The Balaban J connectivity index is 1.87. The van der Waals surface area contributed by atoms with Crippen LogP contribution in [0.25, 0.3) is 0 Å². The van der Waals surface area contributed by atoms with Crippen LogP contribution >= 0.6 is 0 Å². The molecule has 1 aromatic carbocycles. The van der Waals surface area contributed by atoms with Gasteiger partial charge in [0.15, 0.2) is 0 Å². The zero-order valence-corrected chi connectivity index (χ0v) is 12.0. The summed E-state index contributed by atoms with van der Waals surface area (Å²) in [6.07, 6.45) is 6.56. The summed E-state index contributed by atoms with van der Waals surface area (Å²) >= 11 is 0. The molecule has 100 valence electrons. The van der Waals surface area contributed by atoms with Gasteiger partial charge in [-0.2, -0.15) is 0 Å². The molecule has 18 heavy (non-hydrogen) atoms. The number of hydrogen-bond acceptors (Lipinski definition) is 1. The molecule has 1 nitrogen and oxygen atoms in total. The van der Waals surface area contributed by atoms with Gasteiger partial charge in [-0.25, -0.2) is 0 Å². The summed E-state index contributed by atoms with van der Waals surface area (Å²) in [5, 5.41) is 0. The lowest BCUT2D eigenvalue weighted by Gasteiger charge is -2.23. The van der Waals surface area contributed by atoms with Gasteiger partial charge in [0.1, 0.15) is 0 Å². The quantitative estimate of drug-likeness (QED) is 0.695. The molecule has 1 aliphatic carbocycles. The van der Waals surface area contributed by atoms with Crippen molar-refractivity contribution in [2.24, 2.45) is 0 Å². The molecule has 2 rings (SSSR count). The van der Waals surface area contributed by atoms with Gasteiger partial charge in [0.25, 0.3) is 0 Å². The molecule has 0 aliphatic heterocycles. The van der Waals surface area contributed by atoms with Crippen LogP contribution < -0.4 is 0 Å². The van der Waals surface area contributed by atoms with E-state index in [4.69, 9.17) is 0 Å². The summed E-state index contributed by atoms with van der Waals surface area (Å²) in [5.41, 5.74) is 3.23. The Morgan fingerprint density at radius 2 is 1.78 bits per heavy atom. The molecule has 1 atom stereocenters. The normalized spacial score (nSPS) is 18.3. The highest BCUT2D eigenvalue weighted by molar-refractivity contribution is 5.34.